The minimum atomic E-state index is -1.04. The quantitative estimate of drug-likeness (QED) is 0.786. The summed E-state index contributed by atoms with van der Waals surface area (Å²) < 4.78 is 5.74. The molecule has 2 unspecified atom stereocenters. The van der Waals surface area contributed by atoms with E-state index in [0.717, 1.165) is 18.4 Å². The molecule has 140 valence electrons. The summed E-state index contributed by atoms with van der Waals surface area (Å²) in [6, 6.07) is -0.655. The second-order valence-corrected chi connectivity index (χ2v) is 8.40. The standard InChI is InChI=1S/C20H31NO4/c1-14(2)15-9-8-11-20(13-15,18(24)25-19(3,4)5)21-12-7-6-10-16(21)17(22)23/h8-9,11,14,16H,6-7,10,12-13H2,1-5H3,(H,22,23). The summed E-state index contributed by atoms with van der Waals surface area (Å²) in [4.78, 5) is 26.9. The Bertz CT molecular complexity index is 585. The summed E-state index contributed by atoms with van der Waals surface area (Å²) in [5, 5.41) is 9.71. The van der Waals surface area contributed by atoms with E-state index in [0.29, 0.717) is 25.3 Å². The lowest BCUT2D eigenvalue weighted by Crippen LogP contribution is -2.62. The number of carboxylic acids is 1. The van der Waals surface area contributed by atoms with Crippen LogP contribution in [-0.4, -0.2) is 45.7 Å². The van der Waals surface area contributed by atoms with Gasteiger partial charge in [0.15, 0.2) is 0 Å². The van der Waals surface area contributed by atoms with E-state index in [1.807, 2.05) is 43.9 Å². The van der Waals surface area contributed by atoms with Gasteiger partial charge >= 0.3 is 11.9 Å². The van der Waals surface area contributed by atoms with Crippen molar-refractivity contribution in [1.29, 1.82) is 0 Å². The number of carboxylic acid groups (broad SMARTS) is 1. The van der Waals surface area contributed by atoms with Crippen LogP contribution in [0.15, 0.2) is 23.8 Å². The molecule has 1 aliphatic carbocycles. The minimum Gasteiger partial charge on any atom is -0.480 e. The van der Waals surface area contributed by atoms with Gasteiger partial charge in [-0.2, -0.15) is 0 Å². The first-order chi connectivity index (χ1) is 11.6. The fraction of sp³-hybridized carbons (Fsp3) is 0.700. The van der Waals surface area contributed by atoms with Crippen molar-refractivity contribution in [3.63, 3.8) is 0 Å². The molecular weight excluding hydrogens is 318 g/mol. The van der Waals surface area contributed by atoms with Crippen molar-refractivity contribution in [2.75, 3.05) is 6.54 Å². The van der Waals surface area contributed by atoms with E-state index in [1.54, 1.807) is 0 Å². The lowest BCUT2D eigenvalue weighted by atomic mass is 9.78. The lowest BCUT2D eigenvalue weighted by Gasteiger charge is -2.47. The third-order valence-corrected chi connectivity index (χ3v) is 4.95. The van der Waals surface area contributed by atoms with E-state index < -0.39 is 23.2 Å². The highest BCUT2D eigenvalue weighted by Crippen LogP contribution is 2.38. The summed E-state index contributed by atoms with van der Waals surface area (Å²) in [6.07, 6.45) is 8.57. The molecule has 5 heteroatoms. The van der Waals surface area contributed by atoms with Crippen LogP contribution in [0.2, 0.25) is 0 Å². The SMILES string of the molecule is CC(C)C1=CC=CC(C(=O)OC(C)(C)C)(N2CCCCC2C(=O)O)C1. The number of hydrogen-bond donors (Lipinski definition) is 1. The fourth-order valence-corrected chi connectivity index (χ4v) is 3.64. The van der Waals surface area contributed by atoms with E-state index in [2.05, 4.69) is 13.8 Å². The van der Waals surface area contributed by atoms with Crippen molar-refractivity contribution in [3.05, 3.63) is 23.8 Å². The van der Waals surface area contributed by atoms with Gasteiger partial charge in [-0.25, -0.2) is 4.79 Å². The van der Waals surface area contributed by atoms with E-state index in [9.17, 15) is 14.7 Å². The molecule has 0 amide bonds. The van der Waals surface area contributed by atoms with Crippen molar-refractivity contribution in [3.8, 4) is 0 Å². The van der Waals surface area contributed by atoms with Crippen LogP contribution in [0.25, 0.3) is 0 Å². The molecule has 0 bridgehead atoms. The molecule has 0 aromatic heterocycles. The van der Waals surface area contributed by atoms with E-state index in [1.165, 1.54) is 0 Å². The summed E-state index contributed by atoms with van der Waals surface area (Å²) >= 11 is 0. The molecule has 2 atom stereocenters. The molecule has 1 heterocycles. The third-order valence-electron chi connectivity index (χ3n) is 4.95. The number of nitrogens with zero attached hydrogens (tertiary/aromatic N) is 1. The van der Waals surface area contributed by atoms with Gasteiger partial charge in [0.1, 0.15) is 17.2 Å². The molecule has 5 nitrogen and oxygen atoms in total. The largest absolute Gasteiger partial charge is 0.480 e. The van der Waals surface area contributed by atoms with Gasteiger partial charge in [0.25, 0.3) is 0 Å². The first-order valence-corrected chi connectivity index (χ1v) is 9.18. The van der Waals surface area contributed by atoms with Gasteiger partial charge in [0, 0.05) is 13.0 Å². The molecule has 1 N–H and O–H groups in total. The zero-order chi connectivity index (χ0) is 18.8. The summed E-state index contributed by atoms with van der Waals surface area (Å²) in [6.45, 7) is 10.3. The van der Waals surface area contributed by atoms with Crippen molar-refractivity contribution in [1.82, 2.24) is 4.90 Å². The first-order valence-electron chi connectivity index (χ1n) is 9.18. The Kier molecular flexibility index (Phi) is 5.77. The van der Waals surface area contributed by atoms with Gasteiger partial charge in [-0.1, -0.05) is 44.1 Å². The Labute approximate surface area is 150 Å². The third kappa shape index (κ3) is 4.32. The topological polar surface area (TPSA) is 66.8 Å². The van der Waals surface area contributed by atoms with E-state index >= 15 is 0 Å². The number of aliphatic carboxylic acids is 1. The maximum atomic E-state index is 13.2. The monoisotopic (exact) mass is 349 g/mol. The fourth-order valence-electron chi connectivity index (χ4n) is 3.64. The van der Waals surface area contributed by atoms with Crippen LogP contribution in [-0.2, 0) is 14.3 Å². The van der Waals surface area contributed by atoms with Gasteiger partial charge in [0.05, 0.1) is 0 Å². The van der Waals surface area contributed by atoms with Crippen LogP contribution in [0.4, 0.5) is 0 Å². The number of piperidine rings is 1. The number of rotatable bonds is 4. The number of likely N-dealkylation sites (tertiary alicyclic amines) is 1. The molecule has 2 rings (SSSR count). The maximum Gasteiger partial charge on any atom is 0.331 e. The van der Waals surface area contributed by atoms with Gasteiger partial charge in [0.2, 0.25) is 0 Å². The molecule has 1 fully saturated rings. The normalized spacial score (nSPS) is 27.9. The van der Waals surface area contributed by atoms with Gasteiger partial charge < -0.3 is 9.84 Å². The Morgan fingerprint density at radius 1 is 1.32 bits per heavy atom. The average Bonchev–Trinajstić information content (AvgIpc) is 2.53. The molecule has 2 aliphatic rings. The summed E-state index contributed by atoms with van der Waals surface area (Å²) in [5.74, 6) is -0.924. The number of ether oxygens (including phenoxy) is 1. The van der Waals surface area contributed by atoms with Crippen LogP contribution < -0.4 is 0 Å². The first kappa shape index (κ1) is 19.7. The van der Waals surface area contributed by atoms with Crippen LogP contribution in [0.1, 0.15) is 60.3 Å². The number of carbonyl (C=O) groups excluding carboxylic acids is 1. The number of allylic oxidation sites excluding steroid dienone is 2. The minimum absolute atomic E-state index is 0.292. The predicted molar refractivity (Wildman–Crippen MR) is 97.2 cm³/mol. The number of carbonyl (C=O) groups is 2. The van der Waals surface area contributed by atoms with E-state index in [-0.39, 0.29) is 5.97 Å². The molecule has 0 spiro atoms. The lowest BCUT2D eigenvalue weighted by molar-refractivity contribution is -0.172. The van der Waals surface area contributed by atoms with Gasteiger partial charge in [-0.3, -0.25) is 9.69 Å². The predicted octanol–water partition coefficient (Wildman–Crippen LogP) is 3.55. The highest BCUT2D eigenvalue weighted by molar-refractivity contribution is 5.86. The van der Waals surface area contributed by atoms with Crippen LogP contribution >= 0.6 is 0 Å². The molecule has 0 radical (unpaired) electrons. The molecule has 1 saturated heterocycles. The highest BCUT2D eigenvalue weighted by atomic mass is 16.6. The maximum absolute atomic E-state index is 13.2. The molecule has 1 aliphatic heterocycles. The number of hydrogen-bond acceptors (Lipinski definition) is 4. The highest BCUT2D eigenvalue weighted by Gasteiger charge is 2.50. The second kappa shape index (κ2) is 7.32. The van der Waals surface area contributed by atoms with Gasteiger partial charge in [-0.05, 0) is 39.5 Å². The molecule has 25 heavy (non-hydrogen) atoms. The zero-order valence-corrected chi connectivity index (χ0v) is 16.0. The summed E-state index contributed by atoms with van der Waals surface area (Å²) in [5.41, 5.74) is -0.514. The Morgan fingerprint density at radius 2 is 2.00 bits per heavy atom. The Balaban J connectivity index is 2.45. The van der Waals surface area contributed by atoms with Crippen LogP contribution in [0, 0.1) is 5.92 Å². The molecule has 0 saturated carbocycles. The Hall–Kier alpha value is -1.62. The van der Waals surface area contributed by atoms with Crippen molar-refractivity contribution < 1.29 is 19.4 Å². The summed E-state index contributed by atoms with van der Waals surface area (Å²) in [7, 11) is 0. The second-order valence-electron chi connectivity index (χ2n) is 8.40. The van der Waals surface area contributed by atoms with Crippen LogP contribution in [0.5, 0.6) is 0 Å². The van der Waals surface area contributed by atoms with Crippen molar-refractivity contribution in [2.24, 2.45) is 5.92 Å². The Morgan fingerprint density at radius 3 is 2.56 bits per heavy atom. The van der Waals surface area contributed by atoms with Crippen molar-refractivity contribution in [2.45, 2.75) is 77.5 Å². The molecule has 0 aromatic rings. The molecular formula is C20H31NO4. The van der Waals surface area contributed by atoms with Crippen LogP contribution in [0.3, 0.4) is 0 Å². The zero-order valence-electron chi connectivity index (χ0n) is 16.0. The van der Waals surface area contributed by atoms with Crippen molar-refractivity contribution >= 4 is 11.9 Å². The number of esters is 1. The van der Waals surface area contributed by atoms with Gasteiger partial charge in [-0.15, -0.1) is 0 Å². The smallest absolute Gasteiger partial charge is 0.331 e. The average molecular weight is 349 g/mol. The van der Waals surface area contributed by atoms with E-state index in [4.69, 9.17) is 4.74 Å². The molecule has 0 aromatic carbocycles.